The van der Waals surface area contributed by atoms with Crippen LogP contribution < -0.4 is 15.1 Å². The molecular weight excluding hydrogens is 374 g/mol. The van der Waals surface area contributed by atoms with Crippen LogP contribution in [0.5, 0.6) is 11.5 Å². The van der Waals surface area contributed by atoms with Crippen molar-refractivity contribution in [2.24, 2.45) is 15.4 Å². The fourth-order valence-electron chi connectivity index (χ4n) is 1.60. The Morgan fingerprint density at radius 3 is 2.36 bits per heavy atom. The quantitative estimate of drug-likeness (QED) is 0.495. The Kier molecular flexibility index (Phi) is 4.92. The van der Waals surface area contributed by atoms with E-state index >= 15 is 0 Å². The molecule has 5 N–H and O–H groups in total. The Hall–Kier alpha value is -2.77. The maximum absolute atomic E-state index is 11.4. The third kappa shape index (κ3) is 5.10. The average molecular weight is 387 g/mol. The van der Waals surface area contributed by atoms with Crippen molar-refractivity contribution >= 4 is 37.5 Å². The standard InChI is InChI=1S/C12H13N5O6S2/c1-24(19,20)23-10-6-7(25(14,21)22)2-3-8(10)16-17-11-5-4-9(18)12(13)15-11/h2-6,18H,1H3,(H2,13,15)(H2,14,21,22). The lowest BCUT2D eigenvalue weighted by Gasteiger charge is -2.07. The second-order valence-corrected chi connectivity index (χ2v) is 7.87. The summed E-state index contributed by atoms with van der Waals surface area (Å²) in [6.45, 7) is 0. The maximum atomic E-state index is 11.4. The minimum atomic E-state index is -4.08. The van der Waals surface area contributed by atoms with Crippen molar-refractivity contribution in [1.82, 2.24) is 4.98 Å². The second kappa shape index (κ2) is 6.62. The van der Waals surface area contributed by atoms with E-state index < -0.39 is 20.1 Å². The summed E-state index contributed by atoms with van der Waals surface area (Å²) in [4.78, 5) is 3.38. The van der Waals surface area contributed by atoms with Crippen molar-refractivity contribution in [1.29, 1.82) is 0 Å². The first-order valence-electron chi connectivity index (χ1n) is 6.39. The Morgan fingerprint density at radius 2 is 1.80 bits per heavy atom. The van der Waals surface area contributed by atoms with Crippen LogP contribution >= 0.6 is 0 Å². The average Bonchev–Trinajstić information content (AvgIpc) is 2.46. The van der Waals surface area contributed by atoms with Gasteiger partial charge >= 0.3 is 10.1 Å². The molecule has 2 rings (SSSR count). The number of aromatic hydroxyl groups is 1. The van der Waals surface area contributed by atoms with E-state index in [1.54, 1.807) is 0 Å². The number of aromatic nitrogens is 1. The van der Waals surface area contributed by atoms with Crippen LogP contribution in [0, 0.1) is 0 Å². The van der Waals surface area contributed by atoms with Gasteiger partial charge in [-0.1, -0.05) is 0 Å². The molecule has 0 unspecified atom stereocenters. The van der Waals surface area contributed by atoms with Crippen molar-refractivity contribution in [3.8, 4) is 11.5 Å². The molecule has 134 valence electrons. The van der Waals surface area contributed by atoms with E-state index in [2.05, 4.69) is 15.2 Å². The van der Waals surface area contributed by atoms with Crippen LogP contribution in [0.2, 0.25) is 0 Å². The molecule has 0 aliphatic heterocycles. The van der Waals surface area contributed by atoms with E-state index in [0.29, 0.717) is 0 Å². The van der Waals surface area contributed by atoms with Crippen LogP contribution in [0.3, 0.4) is 0 Å². The Morgan fingerprint density at radius 1 is 1.12 bits per heavy atom. The molecule has 0 bridgehead atoms. The smallest absolute Gasteiger partial charge is 0.306 e. The van der Waals surface area contributed by atoms with Crippen molar-refractivity contribution in [3.05, 3.63) is 30.3 Å². The molecule has 0 amide bonds. The zero-order valence-electron chi connectivity index (χ0n) is 12.7. The predicted octanol–water partition coefficient (Wildman–Crippen LogP) is 0.771. The Labute approximate surface area is 143 Å². The fraction of sp³-hybridized carbons (Fsp3) is 0.0833. The second-order valence-electron chi connectivity index (χ2n) is 4.74. The number of nitrogens with two attached hydrogens (primary N) is 2. The molecule has 1 aromatic carbocycles. The number of azo groups is 1. The van der Waals surface area contributed by atoms with Crippen LogP contribution in [0.25, 0.3) is 0 Å². The number of primary sulfonamides is 1. The summed E-state index contributed by atoms with van der Waals surface area (Å²) in [7, 11) is -8.04. The van der Waals surface area contributed by atoms with Crippen LogP contribution in [-0.2, 0) is 20.1 Å². The summed E-state index contributed by atoms with van der Waals surface area (Å²) in [5, 5.41) is 21.8. The molecule has 13 heteroatoms. The third-order valence-corrected chi connectivity index (χ3v) is 4.04. The van der Waals surface area contributed by atoms with Crippen molar-refractivity contribution in [3.63, 3.8) is 0 Å². The first-order chi connectivity index (χ1) is 11.5. The highest BCUT2D eigenvalue weighted by atomic mass is 32.2. The Balaban J connectivity index is 2.48. The van der Waals surface area contributed by atoms with Gasteiger partial charge in [0.05, 0.1) is 11.2 Å². The monoisotopic (exact) mass is 387 g/mol. The van der Waals surface area contributed by atoms with Crippen LogP contribution in [0.4, 0.5) is 17.3 Å². The van der Waals surface area contributed by atoms with Crippen LogP contribution in [-0.4, -0.2) is 33.2 Å². The van der Waals surface area contributed by atoms with Crippen molar-refractivity contribution in [2.45, 2.75) is 4.90 Å². The molecule has 0 radical (unpaired) electrons. The third-order valence-electron chi connectivity index (χ3n) is 2.65. The van der Waals surface area contributed by atoms with Crippen molar-refractivity contribution < 1.29 is 26.1 Å². The van der Waals surface area contributed by atoms with Crippen LogP contribution in [0.15, 0.2) is 45.5 Å². The van der Waals surface area contributed by atoms with Gasteiger partial charge in [0.1, 0.15) is 5.69 Å². The number of sulfonamides is 1. The molecule has 0 atom stereocenters. The molecule has 0 spiro atoms. The first-order valence-corrected chi connectivity index (χ1v) is 9.75. The van der Waals surface area contributed by atoms with Crippen LogP contribution in [0.1, 0.15) is 0 Å². The van der Waals surface area contributed by atoms with Gasteiger partial charge in [-0.15, -0.1) is 10.2 Å². The highest BCUT2D eigenvalue weighted by Gasteiger charge is 2.16. The molecule has 25 heavy (non-hydrogen) atoms. The number of rotatable bonds is 5. The normalized spacial score (nSPS) is 12.4. The summed E-state index contributed by atoms with van der Waals surface area (Å²) in [5.74, 6) is -0.771. The molecule has 0 aliphatic carbocycles. The van der Waals surface area contributed by atoms with E-state index in [0.717, 1.165) is 24.5 Å². The van der Waals surface area contributed by atoms with Gasteiger partial charge in [-0.05, 0) is 24.3 Å². The van der Waals surface area contributed by atoms with E-state index in [9.17, 15) is 21.9 Å². The number of hydrogen-bond acceptors (Lipinski definition) is 10. The van der Waals surface area contributed by atoms with Gasteiger partial charge in [0.2, 0.25) is 10.0 Å². The lowest BCUT2D eigenvalue weighted by Crippen LogP contribution is -2.13. The minimum absolute atomic E-state index is 0.0242. The summed E-state index contributed by atoms with van der Waals surface area (Å²) in [6.07, 6.45) is 0.778. The molecule has 0 saturated carbocycles. The number of pyridine rings is 1. The number of anilines is 1. The van der Waals surface area contributed by atoms with Gasteiger partial charge in [0, 0.05) is 6.07 Å². The largest absolute Gasteiger partial charge is 0.504 e. The molecule has 2 aromatic rings. The van der Waals surface area contributed by atoms with Gasteiger partial charge in [-0.2, -0.15) is 8.42 Å². The lowest BCUT2D eigenvalue weighted by molar-refractivity contribution is 0.476. The van der Waals surface area contributed by atoms with Gasteiger partial charge in [0.25, 0.3) is 0 Å². The topological polar surface area (TPSA) is 187 Å². The molecule has 0 fully saturated rings. The lowest BCUT2D eigenvalue weighted by atomic mass is 10.3. The molecule has 0 aliphatic rings. The van der Waals surface area contributed by atoms with Gasteiger partial charge in [-0.25, -0.2) is 18.5 Å². The number of nitrogen functional groups attached to an aromatic ring is 1. The molecule has 1 heterocycles. The first kappa shape index (κ1) is 18.6. The zero-order chi connectivity index (χ0) is 18.8. The highest BCUT2D eigenvalue weighted by molar-refractivity contribution is 7.89. The molecule has 11 nitrogen and oxygen atoms in total. The molecule has 1 aromatic heterocycles. The van der Waals surface area contributed by atoms with E-state index in [1.165, 1.54) is 12.1 Å². The number of benzene rings is 1. The molecule has 0 saturated heterocycles. The van der Waals surface area contributed by atoms with Gasteiger partial charge < -0.3 is 15.0 Å². The van der Waals surface area contributed by atoms with Gasteiger partial charge in [-0.3, -0.25) is 0 Å². The SMILES string of the molecule is CS(=O)(=O)Oc1cc(S(N)(=O)=O)ccc1N=Nc1ccc(O)c(N)n1. The van der Waals surface area contributed by atoms with Gasteiger partial charge in [0.15, 0.2) is 23.1 Å². The zero-order valence-corrected chi connectivity index (χ0v) is 14.3. The Bertz CT molecular complexity index is 1050. The van der Waals surface area contributed by atoms with Crippen molar-refractivity contribution in [2.75, 3.05) is 12.0 Å². The predicted molar refractivity (Wildman–Crippen MR) is 87.8 cm³/mol. The summed E-state index contributed by atoms with van der Waals surface area (Å²) >= 11 is 0. The van der Waals surface area contributed by atoms with E-state index in [1.807, 2.05) is 0 Å². The number of hydrogen-bond donors (Lipinski definition) is 3. The minimum Gasteiger partial charge on any atom is -0.504 e. The summed E-state index contributed by atoms with van der Waals surface area (Å²) in [6, 6.07) is 5.73. The maximum Gasteiger partial charge on any atom is 0.306 e. The van der Waals surface area contributed by atoms with E-state index in [4.69, 9.17) is 15.1 Å². The van der Waals surface area contributed by atoms with E-state index in [-0.39, 0.29) is 33.7 Å². The molecular formula is C12H13N5O6S2. The fourth-order valence-corrected chi connectivity index (χ4v) is 2.59. The summed E-state index contributed by atoms with van der Waals surface area (Å²) in [5.41, 5.74) is 5.33. The highest BCUT2D eigenvalue weighted by Crippen LogP contribution is 2.32. The summed E-state index contributed by atoms with van der Waals surface area (Å²) < 4.78 is 50.2. The number of nitrogens with zero attached hydrogens (tertiary/aromatic N) is 3.